The van der Waals surface area contributed by atoms with Crippen molar-refractivity contribution in [2.24, 2.45) is 5.92 Å². The molecule has 3 saturated heterocycles. The van der Waals surface area contributed by atoms with Crippen molar-refractivity contribution in [3.8, 4) is 0 Å². The zero-order chi connectivity index (χ0) is 21.5. The average molecular weight is 419 g/mol. The molecule has 2 bridgehead atoms. The first kappa shape index (κ1) is 20.7. The van der Waals surface area contributed by atoms with Gasteiger partial charge in [0.05, 0.1) is 32.4 Å². The lowest BCUT2D eigenvalue weighted by molar-refractivity contribution is -0.928. The molecular weight excluding hydrogens is 393 g/mol. The number of fused-ring (bicyclic) bond motifs is 3. The molecule has 2 aromatic rings. The second kappa shape index (κ2) is 7.95. The molecule has 0 saturated carbocycles. The molecule has 0 radical (unpaired) electrons. The molecule has 3 aliphatic heterocycles. The number of likely N-dealkylation sites (N-methyl/N-ethyl adjacent to an activating group) is 1. The van der Waals surface area contributed by atoms with E-state index < -0.39 is 23.5 Å². The standard InChI is InChI=1S/C23H26F3N2O2/c1-15-5-3-4-6-21(15)27(13-17-11-19(25)20(26)12-18(17)24)23(29)30-22-14-28(2)9-7-16(22)8-10-28/h3-6,11-12,16,22H,7-10,13-14H2,1-2H3/q+1. The largest absolute Gasteiger partial charge is 0.440 e. The van der Waals surface area contributed by atoms with Crippen molar-refractivity contribution in [1.82, 2.24) is 0 Å². The fourth-order valence-electron chi connectivity index (χ4n) is 4.65. The maximum Gasteiger partial charge on any atom is 0.415 e. The van der Waals surface area contributed by atoms with E-state index in [-0.39, 0.29) is 18.2 Å². The van der Waals surface area contributed by atoms with Crippen LogP contribution in [-0.2, 0) is 11.3 Å². The minimum atomic E-state index is -1.26. The first-order valence-electron chi connectivity index (χ1n) is 10.3. The van der Waals surface area contributed by atoms with Crippen LogP contribution >= 0.6 is 0 Å². The van der Waals surface area contributed by atoms with E-state index in [1.165, 1.54) is 4.90 Å². The molecule has 0 aliphatic carbocycles. The highest BCUT2D eigenvalue weighted by Crippen LogP contribution is 2.35. The van der Waals surface area contributed by atoms with Gasteiger partial charge in [-0.2, -0.15) is 0 Å². The van der Waals surface area contributed by atoms with Crippen LogP contribution in [0.15, 0.2) is 36.4 Å². The highest BCUT2D eigenvalue weighted by atomic mass is 19.2. The topological polar surface area (TPSA) is 29.5 Å². The smallest absolute Gasteiger partial charge is 0.415 e. The van der Waals surface area contributed by atoms with Crippen molar-refractivity contribution >= 4 is 11.8 Å². The summed E-state index contributed by atoms with van der Waals surface area (Å²) < 4.78 is 48.2. The van der Waals surface area contributed by atoms with E-state index in [1.807, 2.05) is 19.1 Å². The van der Waals surface area contributed by atoms with Crippen molar-refractivity contribution in [3.05, 3.63) is 65.0 Å². The Morgan fingerprint density at radius 1 is 1.10 bits per heavy atom. The van der Waals surface area contributed by atoms with E-state index >= 15 is 0 Å². The number of amides is 1. The van der Waals surface area contributed by atoms with Gasteiger partial charge in [0.15, 0.2) is 17.7 Å². The molecule has 3 fully saturated rings. The van der Waals surface area contributed by atoms with Crippen LogP contribution < -0.4 is 4.90 Å². The summed E-state index contributed by atoms with van der Waals surface area (Å²) >= 11 is 0. The third-order valence-corrected chi connectivity index (χ3v) is 6.52. The second-order valence-electron chi connectivity index (χ2n) is 8.74. The maximum absolute atomic E-state index is 14.3. The van der Waals surface area contributed by atoms with Gasteiger partial charge >= 0.3 is 6.09 Å². The molecule has 30 heavy (non-hydrogen) atoms. The highest BCUT2D eigenvalue weighted by molar-refractivity contribution is 5.88. The molecule has 5 rings (SSSR count). The molecule has 0 aromatic heterocycles. The molecule has 7 heteroatoms. The van der Waals surface area contributed by atoms with Crippen molar-refractivity contribution in [1.29, 1.82) is 0 Å². The number of carbonyl (C=O) groups excluding carboxylic acids is 1. The van der Waals surface area contributed by atoms with Gasteiger partial charge in [-0.1, -0.05) is 18.2 Å². The number of nitrogens with zero attached hydrogens (tertiary/aromatic N) is 2. The number of ether oxygens (including phenoxy) is 1. The zero-order valence-electron chi connectivity index (χ0n) is 17.2. The Bertz CT molecular complexity index is 957. The minimum Gasteiger partial charge on any atom is -0.440 e. The van der Waals surface area contributed by atoms with Gasteiger partial charge in [0, 0.05) is 30.4 Å². The van der Waals surface area contributed by atoms with E-state index in [4.69, 9.17) is 4.74 Å². The molecule has 1 unspecified atom stereocenters. The number of piperidine rings is 3. The number of anilines is 1. The Kier molecular flexibility index (Phi) is 5.49. The second-order valence-corrected chi connectivity index (χ2v) is 8.74. The van der Waals surface area contributed by atoms with Crippen molar-refractivity contribution in [2.45, 2.75) is 32.4 Å². The van der Waals surface area contributed by atoms with Crippen LogP contribution in [0.4, 0.5) is 23.7 Å². The van der Waals surface area contributed by atoms with Crippen LogP contribution in [0.3, 0.4) is 0 Å². The first-order chi connectivity index (χ1) is 14.3. The quantitative estimate of drug-likeness (QED) is 0.527. The van der Waals surface area contributed by atoms with Gasteiger partial charge in [-0.05, 0) is 24.6 Å². The van der Waals surface area contributed by atoms with Gasteiger partial charge in [0.2, 0.25) is 0 Å². The molecule has 160 valence electrons. The third kappa shape index (κ3) is 4.03. The Balaban J connectivity index is 1.62. The van der Waals surface area contributed by atoms with Gasteiger partial charge in [0.1, 0.15) is 12.4 Å². The summed E-state index contributed by atoms with van der Waals surface area (Å²) in [6, 6.07) is 8.47. The van der Waals surface area contributed by atoms with E-state index in [2.05, 4.69) is 7.05 Å². The summed E-state index contributed by atoms with van der Waals surface area (Å²) in [6.07, 6.45) is 1.22. The number of benzene rings is 2. The monoisotopic (exact) mass is 419 g/mol. The predicted octanol–water partition coefficient (Wildman–Crippen LogP) is 4.79. The van der Waals surface area contributed by atoms with Crippen LogP contribution in [0.2, 0.25) is 0 Å². The number of halogens is 3. The number of carbonyl (C=O) groups is 1. The van der Waals surface area contributed by atoms with Gasteiger partial charge in [-0.3, -0.25) is 4.90 Å². The van der Waals surface area contributed by atoms with Crippen molar-refractivity contribution < 1.29 is 27.2 Å². The van der Waals surface area contributed by atoms with Crippen LogP contribution in [0.1, 0.15) is 24.0 Å². The molecule has 1 amide bonds. The molecule has 2 aromatic carbocycles. The number of para-hydroxylation sites is 1. The maximum atomic E-state index is 14.3. The highest BCUT2D eigenvalue weighted by Gasteiger charge is 2.45. The lowest BCUT2D eigenvalue weighted by Gasteiger charge is -2.49. The molecule has 1 atom stereocenters. The lowest BCUT2D eigenvalue weighted by atomic mass is 9.84. The molecule has 0 spiro atoms. The van der Waals surface area contributed by atoms with E-state index in [9.17, 15) is 18.0 Å². The molecule has 3 heterocycles. The first-order valence-corrected chi connectivity index (χ1v) is 10.3. The van der Waals surface area contributed by atoms with Crippen molar-refractivity contribution in [2.75, 3.05) is 31.6 Å². The van der Waals surface area contributed by atoms with Gasteiger partial charge in [-0.25, -0.2) is 18.0 Å². The number of hydrogen-bond donors (Lipinski definition) is 0. The van der Waals surface area contributed by atoms with Crippen LogP contribution in [-0.4, -0.2) is 43.4 Å². The third-order valence-electron chi connectivity index (χ3n) is 6.52. The fraction of sp³-hybridized carbons (Fsp3) is 0.435. The number of aryl methyl sites for hydroxylation is 1. The summed E-state index contributed by atoms with van der Waals surface area (Å²) in [4.78, 5) is 14.5. The van der Waals surface area contributed by atoms with E-state index in [0.29, 0.717) is 17.7 Å². The summed E-state index contributed by atoms with van der Waals surface area (Å²) in [5, 5.41) is 0. The van der Waals surface area contributed by atoms with Crippen LogP contribution in [0, 0.1) is 30.3 Å². The Morgan fingerprint density at radius 3 is 2.43 bits per heavy atom. The summed E-state index contributed by atoms with van der Waals surface area (Å²) in [5.74, 6) is -2.99. The molecule has 0 N–H and O–H groups in total. The van der Waals surface area contributed by atoms with Crippen LogP contribution in [0.5, 0.6) is 0 Å². The average Bonchev–Trinajstić information content (AvgIpc) is 2.70. The summed E-state index contributed by atoms with van der Waals surface area (Å²) in [6.45, 7) is 4.51. The van der Waals surface area contributed by atoms with Crippen molar-refractivity contribution in [3.63, 3.8) is 0 Å². The van der Waals surface area contributed by atoms with Gasteiger partial charge in [-0.15, -0.1) is 0 Å². The number of rotatable bonds is 4. The summed E-state index contributed by atoms with van der Waals surface area (Å²) in [7, 11) is 2.17. The van der Waals surface area contributed by atoms with Gasteiger partial charge < -0.3 is 9.22 Å². The SMILES string of the molecule is Cc1ccccc1N(Cc1cc(F)c(F)cc1F)C(=O)OC1C[N+]2(C)CCC1CC2. The van der Waals surface area contributed by atoms with Gasteiger partial charge in [0.25, 0.3) is 0 Å². The number of quaternary nitrogens is 1. The minimum absolute atomic E-state index is 0.109. The summed E-state index contributed by atoms with van der Waals surface area (Å²) in [5.41, 5.74) is 1.24. The predicted molar refractivity (Wildman–Crippen MR) is 107 cm³/mol. The van der Waals surface area contributed by atoms with Crippen LogP contribution in [0.25, 0.3) is 0 Å². The molecule has 4 nitrogen and oxygen atoms in total. The normalized spacial score (nSPS) is 25.2. The Morgan fingerprint density at radius 2 is 1.77 bits per heavy atom. The Labute approximate surface area is 174 Å². The van der Waals surface area contributed by atoms with E-state index in [0.717, 1.165) is 48.6 Å². The zero-order valence-corrected chi connectivity index (χ0v) is 17.2. The fourth-order valence-corrected chi connectivity index (χ4v) is 4.65. The van der Waals surface area contributed by atoms with E-state index in [1.54, 1.807) is 12.1 Å². The lowest BCUT2D eigenvalue weighted by Crippen LogP contribution is -2.62. The number of hydrogen-bond acceptors (Lipinski definition) is 2. The Hall–Kier alpha value is -2.54. The molecular formula is C23H26F3N2O2+. The molecule has 3 aliphatic rings.